The molecular formula is C7H10O2. The number of carbonyl (C=O) groups excluding carboxylic acids is 1. The van der Waals surface area contributed by atoms with Crippen molar-refractivity contribution >= 4 is 5.97 Å². The summed E-state index contributed by atoms with van der Waals surface area (Å²) in [4.78, 5) is 10.3. The number of hydrogen-bond acceptors (Lipinski definition) is 2. The van der Waals surface area contributed by atoms with Gasteiger partial charge in [0.25, 0.3) is 0 Å². The Morgan fingerprint density at radius 1 is 2.00 bits per heavy atom. The number of cyclic esters (lactones) is 1. The molecule has 0 bridgehead atoms. The maximum absolute atomic E-state index is 10.3. The minimum absolute atomic E-state index is 0.0301. The maximum Gasteiger partial charge on any atom is 0.310 e. The van der Waals surface area contributed by atoms with E-state index in [2.05, 4.69) is 6.58 Å². The lowest BCUT2D eigenvalue weighted by Gasteiger charge is -2.26. The van der Waals surface area contributed by atoms with Gasteiger partial charge in [-0.2, -0.15) is 0 Å². The Bertz CT molecular complexity index is 141. The van der Waals surface area contributed by atoms with Gasteiger partial charge in [0, 0.05) is 0 Å². The summed E-state index contributed by atoms with van der Waals surface area (Å²) >= 11 is 0. The molecule has 0 radical (unpaired) electrons. The molecule has 0 amide bonds. The Kier molecular flexibility index (Phi) is 1.56. The van der Waals surface area contributed by atoms with Crippen LogP contribution in [0.1, 0.15) is 19.8 Å². The molecule has 1 aliphatic rings. The predicted molar refractivity (Wildman–Crippen MR) is 33.9 cm³/mol. The molecule has 0 saturated carbocycles. The third-order valence-corrected chi connectivity index (χ3v) is 1.54. The average Bonchev–Trinajstić information content (AvgIpc) is 1.79. The first-order chi connectivity index (χ1) is 4.24. The Morgan fingerprint density at radius 3 is 2.89 bits per heavy atom. The van der Waals surface area contributed by atoms with Crippen molar-refractivity contribution in [3.05, 3.63) is 12.2 Å². The Hall–Kier alpha value is -0.790. The van der Waals surface area contributed by atoms with Gasteiger partial charge in [-0.25, -0.2) is 0 Å². The fraction of sp³-hybridized carbons (Fsp3) is 0.571. The Balaban J connectivity index is 2.31. The van der Waals surface area contributed by atoms with Crippen molar-refractivity contribution in [2.45, 2.75) is 25.9 Å². The quantitative estimate of drug-likeness (QED) is 0.411. The van der Waals surface area contributed by atoms with E-state index in [0.29, 0.717) is 6.42 Å². The molecule has 1 fully saturated rings. The smallest absolute Gasteiger partial charge is 0.310 e. The zero-order valence-electron chi connectivity index (χ0n) is 5.52. The summed E-state index contributed by atoms with van der Waals surface area (Å²) in [7, 11) is 0. The van der Waals surface area contributed by atoms with Crippen LogP contribution in [0.2, 0.25) is 0 Å². The molecule has 1 rings (SSSR count). The van der Waals surface area contributed by atoms with E-state index in [4.69, 9.17) is 4.74 Å². The van der Waals surface area contributed by atoms with Gasteiger partial charge >= 0.3 is 5.97 Å². The number of hydrogen-bond donors (Lipinski definition) is 0. The minimum atomic E-state index is -0.102. The van der Waals surface area contributed by atoms with Crippen molar-refractivity contribution in [3.63, 3.8) is 0 Å². The average molecular weight is 126 g/mol. The van der Waals surface area contributed by atoms with E-state index in [0.717, 1.165) is 12.0 Å². The van der Waals surface area contributed by atoms with Crippen molar-refractivity contribution in [2.24, 2.45) is 0 Å². The molecule has 1 aliphatic heterocycles. The van der Waals surface area contributed by atoms with Gasteiger partial charge in [0.2, 0.25) is 0 Å². The first kappa shape index (κ1) is 6.33. The van der Waals surface area contributed by atoms with Crippen LogP contribution in [0.4, 0.5) is 0 Å². The second kappa shape index (κ2) is 2.21. The lowest BCUT2D eigenvalue weighted by atomic mass is 10.0. The van der Waals surface area contributed by atoms with Gasteiger partial charge in [0.15, 0.2) is 0 Å². The molecule has 0 aromatic rings. The number of carbonyl (C=O) groups is 1. The van der Waals surface area contributed by atoms with Crippen molar-refractivity contribution in [2.75, 3.05) is 0 Å². The first-order valence-corrected chi connectivity index (χ1v) is 3.11. The Morgan fingerprint density at radius 2 is 2.56 bits per heavy atom. The van der Waals surface area contributed by atoms with Gasteiger partial charge in [0.1, 0.15) is 6.10 Å². The van der Waals surface area contributed by atoms with Gasteiger partial charge in [-0.3, -0.25) is 4.79 Å². The van der Waals surface area contributed by atoms with Crippen LogP contribution < -0.4 is 0 Å². The molecule has 1 saturated heterocycles. The molecule has 2 heteroatoms. The summed E-state index contributed by atoms with van der Waals surface area (Å²) in [6, 6.07) is 0. The summed E-state index contributed by atoms with van der Waals surface area (Å²) in [5, 5.41) is 0. The van der Waals surface area contributed by atoms with Gasteiger partial charge in [-0.05, 0) is 12.0 Å². The van der Waals surface area contributed by atoms with Crippen LogP contribution in [0.15, 0.2) is 12.2 Å². The van der Waals surface area contributed by atoms with Crippen molar-refractivity contribution in [1.82, 2.24) is 0 Å². The second-order valence-corrected chi connectivity index (χ2v) is 2.19. The molecule has 0 aromatic heterocycles. The van der Waals surface area contributed by atoms with Crippen LogP contribution >= 0.6 is 0 Å². The van der Waals surface area contributed by atoms with E-state index in [9.17, 15) is 4.79 Å². The zero-order chi connectivity index (χ0) is 6.85. The third kappa shape index (κ3) is 1.12. The van der Waals surface area contributed by atoms with Crippen LogP contribution in [0.25, 0.3) is 0 Å². The van der Waals surface area contributed by atoms with E-state index < -0.39 is 0 Å². The zero-order valence-corrected chi connectivity index (χ0v) is 5.52. The van der Waals surface area contributed by atoms with E-state index in [1.54, 1.807) is 0 Å². The van der Waals surface area contributed by atoms with Gasteiger partial charge in [-0.15, -0.1) is 0 Å². The molecule has 9 heavy (non-hydrogen) atoms. The van der Waals surface area contributed by atoms with Gasteiger partial charge in [0.05, 0.1) is 6.42 Å². The van der Waals surface area contributed by atoms with Crippen molar-refractivity contribution in [3.8, 4) is 0 Å². The molecule has 50 valence electrons. The number of esters is 1. The number of ether oxygens (including phenoxy) is 1. The standard InChI is InChI=1S/C7H10O2/c1-3-5(2)6-4-7(8)9-6/h6H,2-4H2,1H3. The highest BCUT2D eigenvalue weighted by Gasteiger charge is 2.29. The third-order valence-electron chi connectivity index (χ3n) is 1.54. The van der Waals surface area contributed by atoms with Gasteiger partial charge < -0.3 is 4.74 Å². The van der Waals surface area contributed by atoms with Crippen LogP contribution in [0.3, 0.4) is 0 Å². The largest absolute Gasteiger partial charge is 0.457 e. The summed E-state index contributed by atoms with van der Waals surface area (Å²) in [6.45, 7) is 5.76. The number of rotatable bonds is 2. The predicted octanol–water partition coefficient (Wildman–Crippen LogP) is 1.27. The lowest BCUT2D eigenvalue weighted by molar-refractivity contribution is -0.165. The van der Waals surface area contributed by atoms with Crippen LogP contribution in [-0.4, -0.2) is 12.1 Å². The molecule has 1 heterocycles. The van der Waals surface area contributed by atoms with E-state index in [-0.39, 0.29) is 12.1 Å². The molecule has 2 nitrogen and oxygen atoms in total. The molecule has 1 atom stereocenters. The van der Waals surface area contributed by atoms with Crippen LogP contribution in [-0.2, 0) is 9.53 Å². The van der Waals surface area contributed by atoms with Gasteiger partial charge in [-0.1, -0.05) is 13.5 Å². The normalized spacial score (nSPS) is 24.6. The summed E-state index contributed by atoms with van der Waals surface area (Å²) in [6.07, 6.45) is 1.47. The Labute approximate surface area is 54.5 Å². The van der Waals surface area contributed by atoms with E-state index in [1.807, 2.05) is 6.92 Å². The highest BCUT2D eigenvalue weighted by molar-refractivity contribution is 5.76. The first-order valence-electron chi connectivity index (χ1n) is 3.11. The van der Waals surface area contributed by atoms with E-state index in [1.165, 1.54) is 0 Å². The monoisotopic (exact) mass is 126 g/mol. The minimum Gasteiger partial charge on any atom is -0.457 e. The van der Waals surface area contributed by atoms with Crippen molar-refractivity contribution in [1.29, 1.82) is 0 Å². The molecular weight excluding hydrogens is 116 g/mol. The highest BCUT2D eigenvalue weighted by atomic mass is 16.6. The molecule has 1 unspecified atom stereocenters. The summed E-state index contributed by atoms with van der Waals surface area (Å²) in [5.41, 5.74) is 1.02. The summed E-state index contributed by atoms with van der Waals surface area (Å²) in [5.74, 6) is -0.102. The van der Waals surface area contributed by atoms with E-state index >= 15 is 0 Å². The fourth-order valence-corrected chi connectivity index (χ4v) is 0.756. The van der Waals surface area contributed by atoms with Crippen molar-refractivity contribution < 1.29 is 9.53 Å². The maximum atomic E-state index is 10.3. The highest BCUT2D eigenvalue weighted by Crippen LogP contribution is 2.21. The lowest BCUT2D eigenvalue weighted by Crippen LogP contribution is -2.33. The second-order valence-electron chi connectivity index (χ2n) is 2.19. The molecule has 0 N–H and O–H groups in total. The molecule has 0 aromatic carbocycles. The molecule has 0 aliphatic carbocycles. The van der Waals surface area contributed by atoms with Crippen LogP contribution in [0.5, 0.6) is 0 Å². The van der Waals surface area contributed by atoms with Crippen LogP contribution in [0, 0.1) is 0 Å². The molecule has 0 spiro atoms. The fourth-order valence-electron chi connectivity index (χ4n) is 0.756. The summed E-state index contributed by atoms with van der Waals surface area (Å²) < 4.78 is 4.75. The topological polar surface area (TPSA) is 26.3 Å². The SMILES string of the molecule is C=C(CC)C1CC(=O)O1.